The Kier molecular flexibility index (Phi) is 9.69. The summed E-state index contributed by atoms with van der Waals surface area (Å²) >= 11 is 0. The number of hydrogen-bond acceptors (Lipinski definition) is 2. The first-order valence-electron chi connectivity index (χ1n) is 16.1. The summed E-state index contributed by atoms with van der Waals surface area (Å²) in [6.45, 7) is 8.97. The van der Waals surface area contributed by atoms with E-state index >= 15 is 0 Å². The fourth-order valence-electron chi connectivity index (χ4n) is 6.34. The van der Waals surface area contributed by atoms with Gasteiger partial charge in [0.1, 0.15) is 17.1 Å². The molecule has 0 aliphatic carbocycles. The van der Waals surface area contributed by atoms with Crippen molar-refractivity contribution in [3.8, 4) is 0 Å². The minimum Gasteiger partial charge on any atom is -0.481 e. The van der Waals surface area contributed by atoms with Gasteiger partial charge >= 0.3 is 5.97 Å². The van der Waals surface area contributed by atoms with E-state index in [2.05, 4.69) is 95.4 Å². The first-order valence-corrected chi connectivity index (χ1v) is 16.1. The SMILES string of the molecule is CC(C)Cc1ccc([N+](C)(c2ccc(CC(C)C)cc2)c2ccc(C(=O)c3cc(CCCC(=O)O)n4ccccc34)cc2)cc1. The molecule has 5 heteroatoms. The lowest BCUT2D eigenvalue weighted by Crippen LogP contribution is -2.33. The third-order valence-corrected chi connectivity index (χ3v) is 8.66. The number of aromatic nitrogens is 1. The largest absolute Gasteiger partial charge is 0.481 e. The Labute approximate surface area is 267 Å². The van der Waals surface area contributed by atoms with E-state index in [1.807, 2.05) is 47.0 Å². The Hall–Kier alpha value is -4.48. The maximum absolute atomic E-state index is 13.9. The predicted molar refractivity (Wildman–Crippen MR) is 185 cm³/mol. The second-order valence-electron chi connectivity index (χ2n) is 13.2. The van der Waals surface area contributed by atoms with Crippen LogP contribution in [0.25, 0.3) is 5.52 Å². The number of ketones is 1. The average Bonchev–Trinajstić information content (AvgIpc) is 3.39. The van der Waals surface area contributed by atoms with Crippen molar-refractivity contribution < 1.29 is 14.7 Å². The van der Waals surface area contributed by atoms with Crippen LogP contribution in [-0.2, 0) is 24.1 Å². The first kappa shape index (κ1) is 31.9. The van der Waals surface area contributed by atoms with E-state index in [1.54, 1.807) is 0 Å². The maximum atomic E-state index is 13.9. The van der Waals surface area contributed by atoms with Crippen LogP contribution in [-0.4, -0.2) is 28.3 Å². The summed E-state index contributed by atoms with van der Waals surface area (Å²) in [5.41, 5.74) is 9.07. The number of aliphatic carboxylic acids is 1. The number of carbonyl (C=O) groups excluding carboxylic acids is 1. The Morgan fingerprint density at radius 1 is 0.733 bits per heavy atom. The minimum absolute atomic E-state index is 0.0417. The van der Waals surface area contributed by atoms with Gasteiger partial charge in [-0.3, -0.25) is 9.59 Å². The summed E-state index contributed by atoms with van der Waals surface area (Å²) < 4.78 is 2.48. The highest BCUT2D eigenvalue weighted by atomic mass is 16.4. The molecule has 0 bridgehead atoms. The highest BCUT2D eigenvalue weighted by Crippen LogP contribution is 2.42. The van der Waals surface area contributed by atoms with E-state index in [-0.39, 0.29) is 12.2 Å². The molecule has 2 heterocycles. The molecule has 0 saturated heterocycles. The Morgan fingerprint density at radius 2 is 1.24 bits per heavy atom. The lowest BCUT2D eigenvalue weighted by atomic mass is 9.99. The molecule has 0 saturated carbocycles. The van der Waals surface area contributed by atoms with Gasteiger partial charge in [0.05, 0.1) is 12.6 Å². The fraction of sp³-hybridized carbons (Fsp3) is 0.300. The van der Waals surface area contributed by atoms with Crippen LogP contribution < -0.4 is 4.48 Å². The molecule has 0 atom stereocenters. The monoisotopic (exact) mass is 601 g/mol. The summed E-state index contributed by atoms with van der Waals surface area (Å²) in [5.74, 6) is 0.332. The van der Waals surface area contributed by atoms with Crippen molar-refractivity contribution in [3.63, 3.8) is 0 Å². The van der Waals surface area contributed by atoms with Gasteiger partial charge in [-0.05, 0) is 79.0 Å². The van der Waals surface area contributed by atoms with Crippen LogP contribution in [0.2, 0.25) is 0 Å². The Balaban J connectivity index is 1.50. The molecule has 3 aromatic carbocycles. The van der Waals surface area contributed by atoms with Gasteiger partial charge in [0.2, 0.25) is 0 Å². The van der Waals surface area contributed by atoms with E-state index in [9.17, 15) is 9.59 Å². The molecule has 0 radical (unpaired) electrons. The molecule has 0 fully saturated rings. The van der Waals surface area contributed by atoms with Crippen molar-refractivity contribution in [3.05, 3.63) is 131 Å². The van der Waals surface area contributed by atoms with Crippen LogP contribution in [0.4, 0.5) is 17.1 Å². The highest BCUT2D eigenvalue weighted by Gasteiger charge is 2.32. The molecule has 232 valence electrons. The molecule has 5 nitrogen and oxygen atoms in total. The zero-order chi connectivity index (χ0) is 32.1. The molecule has 1 N–H and O–H groups in total. The third-order valence-electron chi connectivity index (χ3n) is 8.66. The maximum Gasteiger partial charge on any atom is 0.303 e. The molecule has 0 spiro atoms. The number of fused-ring (bicyclic) bond motifs is 1. The molecule has 5 aromatic rings. The summed E-state index contributed by atoms with van der Waals surface area (Å²) in [4.78, 5) is 25.0. The fourth-order valence-corrected chi connectivity index (χ4v) is 6.34. The van der Waals surface area contributed by atoms with Crippen molar-refractivity contribution in [1.29, 1.82) is 0 Å². The number of hydrogen-bond donors (Lipinski definition) is 1. The number of carboxylic acids is 1. The molecular weight excluding hydrogens is 556 g/mol. The van der Waals surface area contributed by atoms with Crippen molar-refractivity contribution in [2.24, 2.45) is 11.8 Å². The summed E-state index contributed by atoms with van der Waals surface area (Å²) in [6, 6.07) is 33.6. The van der Waals surface area contributed by atoms with Gasteiger partial charge in [-0.25, -0.2) is 4.48 Å². The van der Waals surface area contributed by atoms with Crippen LogP contribution in [0.5, 0.6) is 0 Å². The lowest BCUT2D eigenvalue weighted by Gasteiger charge is -2.33. The topological polar surface area (TPSA) is 58.8 Å². The van der Waals surface area contributed by atoms with Crippen LogP contribution >= 0.6 is 0 Å². The minimum atomic E-state index is -0.810. The molecule has 0 aliphatic rings. The molecule has 0 unspecified atom stereocenters. The van der Waals surface area contributed by atoms with Crippen molar-refractivity contribution in [2.45, 2.75) is 59.8 Å². The second-order valence-corrected chi connectivity index (χ2v) is 13.2. The number of quaternary nitrogens is 1. The number of aryl methyl sites for hydroxylation is 1. The number of pyridine rings is 1. The number of nitrogens with zero attached hydrogens (tertiary/aromatic N) is 2. The van der Waals surface area contributed by atoms with Crippen molar-refractivity contribution in [1.82, 2.24) is 8.88 Å². The van der Waals surface area contributed by atoms with E-state index in [1.165, 1.54) is 11.1 Å². The Bertz CT molecular complexity index is 1710. The zero-order valence-electron chi connectivity index (χ0n) is 27.2. The van der Waals surface area contributed by atoms with Gasteiger partial charge in [-0.2, -0.15) is 0 Å². The van der Waals surface area contributed by atoms with Gasteiger partial charge in [0.25, 0.3) is 0 Å². The predicted octanol–water partition coefficient (Wildman–Crippen LogP) is 9.58. The van der Waals surface area contributed by atoms with Gasteiger partial charge in [0, 0.05) is 65.8 Å². The summed E-state index contributed by atoms with van der Waals surface area (Å²) in [7, 11) is 2.22. The molecule has 45 heavy (non-hydrogen) atoms. The second kappa shape index (κ2) is 13.7. The molecule has 0 aliphatic heterocycles. The van der Waals surface area contributed by atoms with Gasteiger partial charge in [-0.1, -0.05) is 58.0 Å². The van der Waals surface area contributed by atoms with Gasteiger partial charge in [0.15, 0.2) is 5.78 Å². The van der Waals surface area contributed by atoms with E-state index in [0.717, 1.165) is 41.1 Å². The molecular formula is C40H45N2O3+. The summed E-state index contributed by atoms with van der Waals surface area (Å²) in [5, 5.41) is 9.10. The lowest BCUT2D eigenvalue weighted by molar-refractivity contribution is -0.137. The molecule has 2 aromatic heterocycles. The van der Waals surface area contributed by atoms with Crippen LogP contribution in [0.15, 0.2) is 103 Å². The standard InChI is InChI=1S/C40H44N2O3/c1-28(2)25-30-12-18-34(19-13-30)42(5,35-20-14-31(15-21-35)26-29(3)4)36-22-16-32(17-23-36)40(45)37-27-33(9-8-11-39(43)44)41-24-7-6-10-38(37)41/h6-7,10,12-24,27-29H,8-9,11,25-26H2,1-5H3/p+1. The number of benzene rings is 3. The number of carbonyl (C=O) groups is 2. The zero-order valence-corrected chi connectivity index (χ0v) is 27.2. The van der Waals surface area contributed by atoms with E-state index < -0.39 is 5.97 Å². The average molecular weight is 602 g/mol. The van der Waals surface area contributed by atoms with Crippen LogP contribution in [0.3, 0.4) is 0 Å². The van der Waals surface area contributed by atoms with Crippen LogP contribution in [0, 0.1) is 11.8 Å². The quantitative estimate of drug-likeness (QED) is 0.108. The smallest absolute Gasteiger partial charge is 0.303 e. The van der Waals surface area contributed by atoms with Gasteiger partial charge < -0.3 is 9.51 Å². The highest BCUT2D eigenvalue weighted by molar-refractivity contribution is 6.13. The van der Waals surface area contributed by atoms with Gasteiger partial charge in [-0.15, -0.1) is 0 Å². The molecule has 0 amide bonds. The van der Waals surface area contributed by atoms with Crippen molar-refractivity contribution >= 4 is 34.3 Å². The molecule has 5 rings (SSSR count). The van der Waals surface area contributed by atoms with E-state index in [0.29, 0.717) is 40.3 Å². The van der Waals surface area contributed by atoms with E-state index in [4.69, 9.17) is 5.11 Å². The normalized spacial score (nSPS) is 11.9. The third kappa shape index (κ3) is 7.10. The van der Waals surface area contributed by atoms with Crippen molar-refractivity contribution in [2.75, 3.05) is 7.05 Å². The van der Waals surface area contributed by atoms with Crippen LogP contribution in [0.1, 0.15) is 73.3 Å². The first-order chi connectivity index (χ1) is 21.6. The number of rotatable bonds is 13. The number of carboxylic acid groups (broad SMARTS) is 1. The Morgan fingerprint density at radius 3 is 1.73 bits per heavy atom. The summed E-state index contributed by atoms with van der Waals surface area (Å²) in [6.07, 6.45) is 5.23.